The molecule has 0 saturated heterocycles. The smallest absolute Gasteiger partial charge is 0.0636 e. The van der Waals surface area contributed by atoms with E-state index in [-0.39, 0.29) is 12.4 Å². The van der Waals surface area contributed by atoms with Crippen molar-refractivity contribution < 1.29 is 0 Å². The van der Waals surface area contributed by atoms with E-state index in [4.69, 9.17) is 5.73 Å². The molecule has 0 aliphatic carbocycles. The maximum atomic E-state index is 6.14. The number of rotatable bonds is 3. The van der Waals surface area contributed by atoms with Crippen LogP contribution in [-0.4, -0.2) is 13.7 Å². The molecule has 0 amide bonds. The number of halogens is 1. The summed E-state index contributed by atoms with van der Waals surface area (Å²) in [6, 6.07) is 10.5. The summed E-state index contributed by atoms with van der Waals surface area (Å²) in [5.41, 5.74) is 7.87. The summed E-state index contributed by atoms with van der Waals surface area (Å²) in [6.07, 6.45) is 1.02. The van der Waals surface area contributed by atoms with Crippen LogP contribution in [-0.2, 0) is 6.42 Å². The Morgan fingerprint density at radius 2 is 1.64 bits per heavy atom. The lowest BCUT2D eigenvalue weighted by Crippen LogP contribution is -2.46. The molecule has 1 atom stereocenters. The predicted octanol–water partition coefficient (Wildman–Crippen LogP) is 2.86. The van der Waals surface area contributed by atoms with E-state index in [0.29, 0.717) is 5.67 Å². The Morgan fingerprint density at radius 3 is 2.07 bits per heavy atom. The molecule has 0 aliphatic rings. The quantitative estimate of drug-likeness (QED) is 0.793. The SMILES string of the molecule is C[Si](C)(C)C(N)Cc1ccccc1.Cl. The second-order valence-electron chi connectivity index (χ2n) is 4.66. The maximum Gasteiger partial charge on any atom is 0.0636 e. The Bertz CT molecular complexity index is 256. The van der Waals surface area contributed by atoms with Crippen molar-refractivity contribution in [2.75, 3.05) is 0 Å². The van der Waals surface area contributed by atoms with Gasteiger partial charge in [-0.2, -0.15) is 0 Å². The van der Waals surface area contributed by atoms with Gasteiger partial charge in [0.1, 0.15) is 0 Å². The third kappa shape index (κ3) is 4.27. The zero-order chi connectivity index (χ0) is 9.90. The molecule has 3 heteroatoms. The summed E-state index contributed by atoms with van der Waals surface area (Å²) >= 11 is 0. The van der Waals surface area contributed by atoms with E-state index >= 15 is 0 Å². The fraction of sp³-hybridized carbons (Fsp3) is 0.455. The van der Waals surface area contributed by atoms with E-state index in [9.17, 15) is 0 Å². The fourth-order valence-electron chi connectivity index (χ4n) is 1.17. The van der Waals surface area contributed by atoms with E-state index < -0.39 is 8.07 Å². The van der Waals surface area contributed by atoms with Gasteiger partial charge in [0.2, 0.25) is 0 Å². The first-order valence-electron chi connectivity index (χ1n) is 4.79. The highest BCUT2D eigenvalue weighted by Crippen LogP contribution is 2.11. The third-order valence-electron chi connectivity index (χ3n) is 2.41. The first-order valence-corrected chi connectivity index (χ1v) is 8.37. The summed E-state index contributed by atoms with van der Waals surface area (Å²) in [6.45, 7) is 6.96. The molecule has 0 aliphatic heterocycles. The summed E-state index contributed by atoms with van der Waals surface area (Å²) in [5, 5.41) is 0. The molecular formula is C11H20ClNSi. The molecule has 2 N–H and O–H groups in total. The zero-order valence-corrected chi connectivity index (χ0v) is 11.0. The topological polar surface area (TPSA) is 26.0 Å². The molecule has 1 rings (SSSR count). The molecule has 14 heavy (non-hydrogen) atoms. The van der Waals surface area contributed by atoms with Gasteiger partial charge in [-0.3, -0.25) is 0 Å². The largest absolute Gasteiger partial charge is 0.330 e. The number of nitrogens with two attached hydrogens (primary N) is 1. The molecule has 0 saturated carbocycles. The van der Waals surface area contributed by atoms with Crippen LogP contribution < -0.4 is 5.73 Å². The van der Waals surface area contributed by atoms with Crippen LogP contribution >= 0.6 is 12.4 Å². The van der Waals surface area contributed by atoms with Crippen LogP contribution in [0.3, 0.4) is 0 Å². The van der Waals surface area contributed by atoms with Crippen molar-refractivity contribution in [3.8, 4) is 0 Å². The first kappa shape index (κ1) is 13.7. The Balaban J connectivity index is 0.00000169. The lowest BCUT2D eigenvalue weighted by molar-refractivity contribution is 0.850. The minimum Gasteiger partial charge on any atom is -0.330 e. The summed E-state index contributed by atoms with van der Waals surface area (Å²) in [5.74, 6) is 0. The van der Waals surface area contributed by atoms with Gasteiger partial charge in [0, 0.05) is 5.67 Å². The van der Waals surface area contributed by atoms with Gasteiger partial charge < -0.3 is 5.73 Å². The van der Waals surface area contributed by atoms with Crippen LogP contribution in [0.1, 0.15) is 5.56 Å². The minimum absolute atomic E-state index is 0. The van der Waals surface area contributed by atoms with Crippen LogP contribution in [0.4, 0.5) is 0 Å². The fourth-order valence-corrected chi connectivity index (χ4v) is 2.02. The molecule has 0 fully saturated rings. The van der Waals surface area contributed by atoms with E-state index in [1.165, 1.54) is 5.56 Å². The highest BCUT2D eigenvalue weighted by molar-refractivity contribution is 6.77. The molecule has 1 aromatic rings. The second-order valence-corrected chi connectivity index (χ2v) is 10.1. The van der Waals surface area contributed by atoms with Crippen molar-refractivity contribution in [1.82, 2.24) is 0 Å². The molecule has 1 nitrogen and oxygen atoms in total. The Kier molecular flexibility index (Phi) is 5.42. The minimum atomic E-state index is -1.17. The van der Waals surface area contributed by atoms with Gasteiger partial charge in [0.15, 0.2) is 0 Å². The average Bonchev–Trinajstić information content (AvgIpc) is 2.04. The maximum absolute atomic E-state index is 6.14. The van der Waals surface area contributed by atoms with Gasteiger partial charge in [-0.1, -0.05) is 50.0 Å². The summed E-state index contributed by atoms with van der Waals surface area (Å²) < 4.78 is 0. The first-order chi connectivity index (χ1) is 6.00. The lowest BCUT2D eigenvalue weighted by Gasteiger charge is -2.24. The van der Waals surface area contributed by atoms with Crippen molar-refractivity contribution in [2.45, 2.75) is 31.7 Å². The van der Waals surface area contributed by atoms with E-state index in [2.05, 4.69) is 43.9 Å². The van der Waals surface area contributed by atoms with Crippen molar-refractivity contribution >= 4 is 20.5 Å². The summed E-state index contributed by atoms with van der Waals surface area (Å²) in [4.78, 5) is 0. The molecule has 0 heterocycles. The lowest BCUT2D eigenvalue weighted by atomic mass is 10.1. The van der Waals surface area contributed by atoms with Crippen LogP contribution in [0.25, 0.3) is 0 Å². The van der Waals surface area contributed by atoms with E-state index in [1.807, 2.05) is 6.07 Å². The molecule has 1 aromatic carbocycles. The summed E-state index contributed by atoms with van der Waals surface area (Å²) in [7, 11) is -1.17. The van der Waals surface area contributed by atoms with Gasteiger partial charge in [-0.15, -0.1) is 12.4 Å². The molecule has 0 aromatic heterocycles. The highest BCUT2D eigenvalue weighted by Gasteiger charge is 2.22. The molecular weight excluding hydrogens is 210 g/mol. The number of hydrogen-bond acceptors (Lipinski definition) is 1. The molecule has 0 radical (unpaired) electrons. The van der Waals surface area contributed by atoms with Gasteiger partial charge >= 0.3 is 0 Å². The van der Waals surface area contributed by atoms with Crippen LogP contribution in [0.5, 0.6) is 0 Å². The normalized spacial score (nSPS) is 13.1. The zero-order valence-electron chi connectivity index (χ0n) is 9.16. The van der Waals surface area contributed by atoms with Gasteiger partial charge in [0.05, 0.1) is 8.07 Å². The second kappa shape index (κ2) is 5.54. The van der Waals surface area contributed by atoms with Gasteiger partial charge in [-0.05, 0) is 12.0 Å². The Labute approximate surface area is 94.1 Å². The molecule has 0 bridgehead atoms. The Morgan fingerprint density at radius 1 is 1.14 bits per heavy atom. The molecule has 1 unspecified atom stereocenters. The van der Waals surface area contributed by atoms with Crippen LogP contribution in [0.2, 0.25) is 19.6 Å². The van der Waals surface area contributed by atoms with Gasteiger partial charge in [-0.25, -0.2) is 0 Å². The van der Waals surface area contributed by atoms with E-state index in [0.717, 1.165) is 6.42 Å². The van der Waals surface area contributed by atoms with E-state index in [1.54, 1.807) is 0 Å². The molecule has 80 valence electrons. The average molecular weight is 230 g/mol. The predicted molar refractivity (Wildman–Crippen MR) is 68.7 cm³/mol. The van der Waals surface area contributed by atoms with Crippen LogP contribution in [0, 0.1) is 0 Å². The standard InChI is InChI=1S/C11H19NSi.ClH/c1-13(2,3)11(12)9-10-7-5-4-6-8-10;/h4-8,11H,9,12H2,1-3H3;1H. The molecule has 0 spiro atoms. The highest BCUT2D eigenvalue weighted by atomic mass is 35.5. The van der Waals surface area contributed by atoms with Crippen molar-refractivity contribution in [2.24, 2.45) is 5.73 Å². The monoisotopic (exact) mass is 229 g/mol. The van der Waals surface area contributed by atoms with Crippen molar-refractivity contribution in [3.63, 3.8) is 0 Å². The number of benzene rings is 1. The van der Waals surface area contributed by atoms with Crippen molar-refractivity contribution in [1.29, 1.82) is 0 Å². The Hall–Kier alpha value is -0.313. The van der Waals surface area contributed by atoms with Gasteiger partial charge in [0.25, 0.3) is 0 Å². The number of hydrogen-bond donors (Lipinski definition) is 1. The van der Waals surface area contributed by atoms with Crippen molar-refractivity contribution in [3.05, 3.63) is 35.9 Å². The third-order valence-corrected chi connectivity index (χ3v) is 4.84. The van der Waals surface area contributed by atoms with Crippen LogP contribution in [0.15, 0.2) is 30.3 Å².